The Hall–Kier alpha value is -1.02. The third-order valence-corrected chi connectivity index (χ3v) is 3.36. The number of hydrogen-bond acceptors (Lipinski definition) is 2. The molecule has 0 saturated carbocycles. The third-order valence-electron chi connectivity index (χ3n) is 3.36. The highest BCUT2D eigenvalue weighted by molar-refractivity contribution is 5.49. The van der Waals surface area contributed by atoms with Crippen molar-refractivity contribution >= 4 is 0 Å². The highest BCUT2D eigenvalue weighted by Crippen LogP contribution is 2.38. The van der Waals surface area contributed by atoms with Crippen LogP contribution < -0.4 is 4.74 Å². The minimum absolute atomic E-state index is 0.00898. The zero-order valence-electron chi connectivity index (χ0n) is 14.3. The minimum Gasteiger partial charge on any atom is -0.490 e. The molecule has 114 valence electrons. The number of aliphatic hydroxyl groups is 1. The van der Waals surface area contributed by atoms with Gasteiger partial charge in [0.05, 0.1) is 12.7 Å². The molecule has 0 saturated heterocycles. The van der Waals surface area contributed by atoms with Gasteiger partial charge < -0.3 is 9.84 Å². The SMILES string of the molecule is CC(C)Oc1c(CO)cc(C(C)(C)C)cc1C(C)(C)C. The van der Waals surface area contributed by atoms with Crippen molar-refractivity contribution in [3.05, 3.63) is 28.8 Å². The topological polar surface area (TPSA) is 29.5 Å². The summed E-state index contributed by atoms with van der Waals surface area (Å²) in [6.07, 6.45) is 0.0990. The molecule has 0 unspecified atom stereocenters. The number of benzene rings is 1. The van der Waals surface area contributed by atoms with Crippen LogP contribution in [0.25, 0.3) is 0 Å². The monoisotopic (exact) mass is 278 g/mol. The molecule has 0 fully saturated rings. The lowest BCUT2D eigenvalue weighted by molar-refractivity contribution is 0.220. The Kier molecular flexibility index (Phi) is 4.91. The van der Waals surface area contributed by atoms with Crippen LogP contribution in [0.4, 0.5) is 0 Å². The molecule has 1 N–H and O–H groups in total. The molecule has 0 radical (unpaired) electrons. The Morgan fingerprint density at radius 3 is 1.90 bits per heavy atom. The highest BCUT2D eigenvalue weighted by Gasteiger charge is 2.26. The maximum Gasteiger partial charge on any atom is 0.128 e. The number of aliphatic hydroxyl groups excluding tert-OH is 1. The lowest BCUT2D eigenvalue weighted by Gasteiger charge is -2.29. The van der Waals surface area contributed by atoms with E-state index >= 15 is 0 Å². The van der Waals surface area contributed by atoms with Crippen LogP contribution in [-0.4, -0.2) is 11.2 Å². The van der Waals surface area contributed by atoms with Gasteiger partial charge >= 0.3 is 0 Å². The fourth-order valence-electron chi connectivity index (χ4n) is 2.17. The molecule has 0 amide bonds. The molecule has 0 atom stereocenters. The van der Waals surface area contributed by atoms with E-state index in [1.165, 1.54) is 11.1 Å². The predicted molar refractivity (Wildman–Crippen MR) is 85.5 cm³/mol. The Morgan fingerprint density at radius 1 is 1.00 bits per heavy atom. The molecule has 2 nitrogen and oxygen atoms in total. The number of ether oxygens (including phenoxy) is 1. The molecule has 0 aromatic heterocycles. The standard InChI is InChI=1S/C18H30O2/c1-12(2)20-16-13(11-19)9-14(17(3,4)5)10-15(16)18(6,7)8/h9-10,12,19H,11H2,1-8H3. The molecular weight excluding hydrogens is 248 g/mol. The van der Waals surface area contributed by atoms with Gasteiger partial charge in [0, 0.05) is 11.1 Å². The third kappa shape index (κ3) is 3.99. The molecule has 1 rings (SSSR count). The van der Waals surface area contributed by atoms with E-state index in [1.54, 1.807) is 0 Å². The van der Waals surface area contributed by atoms with Crippen molar-refractivity contribution in [2.24, 2.45) is 0 Å². The molecule has 1 aromatic rings. The smallest absolute Gasteiger partial charge is 0.128 e. The van der Waals surface area contributed by atoms with Gasteiger partial charge in [0.1, 0.15) is 5.75 Å². The van der Waals surface area contributed by atoms with Crippen LogP contribution in [0.2, 0.25) is 0 Å². The van der Waals surface area contributed by atoms with Crippen LogP contribution in [0, 0.1) is 0 Å². The Bertz CT molecular complexity index is 460. The van der Waals surface area contributed by atoms with Crippen molar-refractivity contribution in [3.63, 3.8) is 0 Å². The summed E-state index contributed by atoms with van der Waals surface area (Å²) < 4.78 is 6.00. The van der Waals surface area contributed by atoms with Crippen LogP contribution in [0.3, 0.4) is 0 Å². The first-order valence-corrected chi connectivity index (χ1v) is 7.42. The van der Waals surface area contributed by atoms with Crippen LogP contribution in [0.15, 0.2) is 12.1 Å². The quantitative estimate of drug-likeness (QED) is 0.878. The molecule has 0 aliphatic carbocycles. The normalized spacial score (nSPS) is 12.9. The highest BCUT2D eigenvalue weighted by atomic mass is 16.5. The van der Waals surface area contributed by atoms with E-state index in [0.717, 1.165) is 11.3 Å². The molecule has 1 aromatic carbocycles. The molecule has 0 bridgehead atoms. The number of rotatable bonds is 3. The minimum atomic E-state index is -0.0184. The zero-order valence-corrected chi connectivity index (χ0v) is 14.3. The maximum atomic E-state index is 9.73. The van der Waals surface area contributed by atoms with E-state index in [-0.39, 0.29) is 23.5 Å². The number of hydrogen-bond donors (Lipinski definition) is 1. The fraction of sp³-hybridized carbons (Fsp3) is 0.667. The average Bonchev–Trinajstić information content (AvgIpc) is 2.25. The van der Waals surface area contributed by atoms with E-state index < -0.39 is 0 Å². The van der Waals surface area contributed by atoms with Crippen molar-refractivity contribution in [3.8, 4) is 5.75 Å². The van der Waals surface area contributed by atoms with Crippen molar-refractivity contribution < 1.29 is 9.84 Å². The first kappa shape index (κ1) is 17.0. The molecule has 0 spiro atoms. The first-order valence-electron chi connectivity index (χ1n) is 7.42. The van der Waals surface area contributed by atoms with Crippen LogP contribution in [0.1, 0.15) is 72.1 Å². The van der Waals surface area contributed by atoms with Gasteiger partial charge in [0.2, 0.25) is 0 Å². The molecular formula is C18H30O2. The summed E-state index contributed by atoms with van der Waals surface area (Å²) in [5, 5.41) is 9.73. The van der Waals surface area contributed by atoms with Crippen molar-refractivity contribution in [1.82, 2.24) is 0 Å². The van der Waals surface area contributed by atoms with Gasteiger partial charge in [-0.25, -0.2) is 0 Å². The molecule has 0 heterocycles. The molecule has 20 heavy (non-hydrogen) atoms. The summed E-state index contributed by atoms with van der Waals surface area (Å²) in [5.41, 5.74) is 3.33. The summed E-state index contributed by atoms with van der Waals surface area (Å²) in [5.74, 6) is 0.850. The second-order valence-electron chi connectivity index (χ2n) is 7.84. The van der Waals surface area contributed by atoms with E-state index in [0.29, 0.717) is 0 Å². The molecule has 2 heteroatoms. The van der Waals surface area contributed by atoms with Crippen molar-refractivity contribution in [1.29, 1.82) is 0 Å². The zero-order chi connectivity index (χ0) is 15.7. The van der Waals surface area contributed by atoms with Crippen LogP contribution in [-0.2, 0) is 17.4 Å². The maximum absolute atomic E-state index is 9.73. The molecule has 0 aliphatic heterocycles. The van der Waals surface area contributed by atoms with Gasteiger partial charge in [-0.15, -0.1) is 0 Å². The Balaban J connectivity index is 3.56. The van der Waals surface area contributed by atoms with Gasteiger partial charge in [-0.3, -0.25) is 0 Å². The fourth-order valence-corrected chi connectivity index (χ4v) is 2.17. The first-order chi connectivity index (χ1) is 8.96. The average molecular weight is 278 g/mol. The van der Waals surface area contributed by atoms with Crippen LogP contribution >= 0.6 is 0 Å². The Morgan fingerprint density at radius 2 is 1.55 bits per heavy atom. The van der Waals surface area contributed by atoms with E-state index in [4.69, 9.17) is 4.74 Å². The summed E-state index contributed by atoms with van der Waals surface area (Å²) in [4.78, 5) is 0. The van der Waals surface area contributed by atoms with Crippen LogP contribution in [0.5, 0.6) is 5.75 Å². The van der Waals surface area contributed by atoms with E-state index in [9.17, 15) is 5.11 Å². The van der Waals surface area contributed by atoms with E-state index in [1.807, 2.05) is 13.8 Å². The van der Waals surface area contributed by atoms with Crippen molar-refractivity contribution in [2.75, 3.05) is 0 Å². The molecule has 0 aliphatic rings. The summed E-state index contributed by atoms with van der Waals surface area (Å²) in [6, 6.07) is 4.31. The summed E-state index contributed by atoms with van der Waals surface area (Å²) in [6.45, 7) is 17.2. The lowest BCUT2D eigenvalue weighted by Crippen LogP contribution is -2.20. The van der Waals surface area contributed by atoms with Crippen molar-refractivity contribution in [2.45, 2.75) is 78.9 Å². The van der Waals surface area contributed by atoms with Gasteiger partial charge in [-0.2, -0.15) is 0 Å². The van der Waals surface area contributed by atoms with Gasteiger partial charge in [-0.1, -0.05) is 47.6 Å². The Labute approximate surface area is 124 Å². The largest absolute Gasteiger partial charge is 0.490 e. The second kappa shape index (κ2) is 5.77. The summed E-state index contributed by atoms with van der Waals surface area (Å²) >= 11 is 0. The second-order valence-corrected chi connectivity index (χ2v) is 7.84. The van der Waals surface area contributed by atoms with Gasteiger partial charge in [0.15, 0.2) is 0 Å². The summed E-state index contributed by atoms with van der Waals surface area (Å²) in [7, 11) is 0. The van der Waals surface area contributed by atoms with Gasteiger partial charge in [0.25, 0.3) is 0 Å². The lowest BCUT2D eigenvalue weighted by atomic mass is 9.79. The predicted octanol–water partition coefficient (Wildman–Crippen LogP) is 4.56. The van der Waals surface area contributed by atoms with E-state index in [2.05, 4.69) is 53.7 Å². The van der Waals surface area contributed by atoms with Gasteiger partial charge in [-0.05, 0) is 36.3 Å².